The molecule has 0 aromatic heterocycles. The van der Waals surface area contributed by atoms with Gasteiger partial charge in [0.2, 0.25) is 0 Å². The van der Waals surface area contributed by atoms with Crippen LogP contribution in [0.5, 0.6) is 0 Å². The van der Waals surface area contributed by atoms with Crippen molar-refractivity contribution in [2.75, 3.05) is 26.8 Å². The molecule has 90 valence electrons. The minimum atomic E-state index is -0.201. The Hall–Kier alpha value is -0.610. The van der Waals surface area contributed by atoms with Crippen molar-refractivity contribution in [1.82, 2.24) is 4.90 Å². The van der Waals surface area contributed by atoms with Crippen molar-refractivity contribution in [3.8, 4) is 0 Å². The molecule has 15 heavy (non-hydrogen) atoms. The van der Waals surface area contributed by atoms with Crippen LogP contribution in [-0.4, -0.2) is 49.8 Å². The molecule has 0 unspecified atom stereocenters. The largest absolute Gasteiger partial charge is 0.468 e. The van der Waals surface area contributed by atoms with Gasteiger partial charge >= 0.3 is 5.97 Å². The monoisotopic (exact) mass is 217 g/mol. The van der Waals surface area contributed by atoms with E-state index in [9.17, 15) is 4.79 Å². The van der Waals surface area contributed by atoms with Gasteiger partial charge in [-0.05, 0) is 27.7 Å². The number of carbonyl (C=O) groups excluding carboxylic acids is 1. The quantitative estimate of drug-likeness (QED) is 0.602. The maximum atomic E-state index is 11.1. The van der Waals surface area contributed by atoms with E-state index in [2.05, 4.69) is 18.6 Å². The summed E-state index contributed by atoms with van der Waals surface area (Å²) < 4.78 is 10.1. The number of carbonyl (C=O) groups is 1. The molecule has 0 aliphatic carbocycles. The van der Waals surface area contributed by atoms with Gasteiger partial charge in [0.1, 0.15) is 0 Å². The second-order valence-electron chi connectivity index (χ2n) is 4.06. The number of hydrogen-bond donors (Lipinski definition) is 0. The summed E-state index contributed by atoms with van der Waals surface area (Å²) in [6.07, 6.45) is 0.233. The van der Waals surface area contributed by atoms with Gasteiger partial charge in [0.05, 0.1) is 26.4 Å². The van der Waals surface area contributed by atoms with Crippen LogP contribution < -0.4 is 0 Å². The molecular formula is C11H23NO3. The van der Waals surface area contributed by atoms with Crippen molar-refractivity contribution in [2.45, 2.75) is 39.8 Å². The Kier molecular flexibility index (Phi) is 7.34. The van der Waals surface area contributed by atoms with Crippen molar-refractivity contribution < 1.29 is 14.3 Å². The summed E-state index contributed by atoms with van der Waals surface area (Å²) in [6.45, 7) is 9.84. The van der Waals surface area contributed by atoms with E-state index in [4.69, 9.17) is 4.74 Å². The van der Waals surface area contributed by atoms with E-state index in [1.165, 1.54) is 7.11 Å². The number of rotatable bonds is 7. The maximum absolute atomic E-state index is 11.1. The van der Waals surface area contributed by atoms with Crippen LogP contribution in [0.2, 0.25) is 0 Å². The zero-order chi connectivity index (χ0) is 11.8. The van der Waals surface area contributed by atoms with E-state index in [0.717, 1.165) is 6.54 Å². The Balaban J connectivity index is 3.89. The number of esters is 1. The molecule has 0 saturated heterocycles. The van der Waals surface area contributed by atoms with Crippen molar-refractivity contribution in [3.63, 3.8) is 0 Å². The smallest absolute Gasteiger partial charge is 0.319 e. The number of ether oxygens (including phenoxy) is 2. The van der Waals surface area contributed by atoms with E-state index in [1.807, 2.05) is 18.7 Å². The first kappa shape index (κ1) is 14.4. The Bertz CT molecular complexity index is 181. The van der Waals surface area contributed by atoms with Crippen LogP contribution in [0.4, 0.5) is 0 Å². The molecule has 0 radical (unpaired) electrons. The minimum absolute atomic E-state index is 0.201. The van der Waals surface area contributed by atoms with Gasteiger partial charge in [-0.3, -0.25) is 9.69 Å². The summed E-state index contributed by atoms with van der Waals surface area (Å²) in [5.74, 6) is -0.201. The Labute approximate surface area is 92.5 Å². The van der Waals surface area contributed by atoms with Gasteiger partial charge in [-0.1, -0.05) is 0 Å². The highest BCUT2D eigenvalue weighted by Crippen LogP contribution is 1.99. The Morgan fingerprint density at radius 1 is 1.27 bits per heavy atom. The molecule has 0 spiro atoms. The van der Waals surface area contributed by atoms with Crippen LogP contribution in [0.3, 0.4) is 0 Å². The molecule has 0 aromatic rings. The van der Waals surface area contributed by atoms with E-state index in [1.54, 1.807) is 0 Å². The molecule has 4 nitrogen and oxygen atoms in total. The normalized spacial score (nSPS) is 11.5. The summed E-state index contributed by atoms with van der Waals surface area (Å²) in [4.78, 5) is 13.2. The van der Waals surface area contributed by atoms with E-state index in [0.29, 0.717) is 19.2 Å². The molecule has 0 amide bonds. The van der Waals surface area contributed by atoms with Crippen LogP contribution in [0, 0.1) is 0 Å². The van der Waals surface area contributed by atoms with Gasteiger partial charge in [0.15, 0.2) is 0 Å². The molecule has 0 N–H and O–H groups in total. The highest BCUT2D eigenvalue weighted by atomic mass is 16.5. The highest BCUT2D eigenvalue weighted by Gasteiger charge is 2.13. The zero-order valence-electron chi connectivity index (χ0n) is 10.4. The van der Waals surface area contributed by atoms with E-state index in [-0.39, 0.29) is 12.1 Å². The van der Waals surface area contributed by atoms with Crippen LogP contribution in [0.15, 0.2) is 0 Å². The molecule has 4 heteroatoms. The fourth-order valence-corrected chi connectivity index (χ4v) is 1.16. The zero-order valence-corrected chi connectivity index (χ0v) is 10.4. The lowest BCUT2D eigenvalue weighted by atomic mass is 10.3. The summed E-state index contributed by atoms with van der Waals surface area (Å²) >= 11 is 0. The van der Waals surface area contributed by atoms with Gasteiger partial charge in [0, 0.05) is 12.6 Å². The van der Waals surface area contributed by atoms with Crippen molar-refractivity contribution in [2.24, 2.45) is 0 Å². The summed E-state index contributed by atoms with van der Waals surface area (Å²) in [5.41, 5.74) is 0. The van der Waals surface area contributed by atoms with Crippen LogP contribution in [-0.2, 0) is 14.3 Å². The first-order valence-corrected chi connectivity index (χ1v) is 5.39. The van der Waals surface area contributed by atoms with Gasteiger partial charge < -0.3 is 9.47 Å². The van der Waals surface area contributed by atoms with Gasteiger partial charge in [0.25, 0.3) is 0 Å². The van der Waals surface area contributed by atoms with E-state index < -0.39 is 0 Å². The van der Waals surface area contributed by atoms with Crippen LogP contribution >= 0.6 is 0 Å². The number of nitrogens with zero attached hydrogens (tertiary/aromatic N) is 1. The molecule has 0 atom stereocenters. The Morgan fingerprint density at radius 2 is 1.87 bits per heavy atom. The maximum Gasteiger partial charge on any atom is 0.319 e. The van der Waals surface area contributed by atoms with Crippen LogP contribution in [0.1, 0.15) is 27.7 Å². The topological polar surface area (TPSA) is 38.8 Å². The first-order chi connectivity index (χ1) is 6.97. The van der Waals surface area contributed by atoms with Crippen molar-refractivity contribution in [3.05, 3.63) is 0 Å². The second kappa shape index (κ2) is 7.65. The van der Waals surface area contributed by atoms with E-state index >= 15 is 0 Å². The lowest BCUT2D eigenvalue weighted by Crippen LogP contribution is -2.38. The molecule has 0 saturated carbocycles. The first-order valence-electron chi connectivity index (χ1n) is 5.39. The fourth-order valence-electron chi connectivity index (χ4n) is 1.16. The molecule has 0 aliphatic rings. The average Bonchev–Trinajstić information content (AvgIpc) is 2.15. The predicted octanol–water partition coefficient (Wildman–Crippen LogP) is 1.29. The Morgan fingerprint density at radius 3 is 2.27 bits per heavy atom. The summed E-state index contributed by atoms with van der Waals surface area (Å²) in [6, 6.07) is 0.319. The fraction of sp³-hybridized carbons (Fsp3) is 0.909. The third kappa shape index (κ3) is 7.33. The lowest BCUT2D eigenvalue weighted by Gasteiger charge is -2.25. The van der Waals surface area contributed by atoms with Gasteiger partial charge in [-0.2, -0.15) is 0 Å². The molecular weight excluding hydrogens is 194 g/mol. The van der Waals surface area contributed by atoms with Gasteiger partial charge in [-0.25, -0.2) is 0 Å². The molecule has 0 aliphatic heterocycles. The predicted molar refractivity (Wildman–Crippen MR) is 59.8 cm³/mol. The summed E-state index contributed by atoms with van der Waals surface area (Å²) in [5, 5.41) is 0. The standard InChI is InChI=1S/C11H23NO3/c1-9(2)12(8-11(13)14-5)6-7-15-10(3)4/h9-10H,6-8H2,1-5H3. The third-order valence-electron chi connectivity index (χ3n) is 2.12. The molecule has 0 aromatic carbocycles. The average molecular weight is 217 g/mol. The van der Waals surface area contributed by atoms with Crippen molar-refractivity contribution in [1.29, 1.82) is 0 Å². The van der Waals surface area contributed by atoms with Crippen LogP contribution in [0.25, 0.3) is 0 Å². The molecule has 0 rings (SSSR count). The highest BCUT2D eigenvalue weighted by molar-refractivity contribution is 5.71. The number of methoxy groups -OCH3 is 1. The molecule has 0 heterocycles. The van der Waals surface area contributed by atoms with Gasteiger partial charge in [-0.15, -0.1) is 0 Å². The number of hydrogen-bond acceptors (Lipinski definition) is 4. The molecule has 0 bridgehead atoms. The minimum Gasteiger partial charge on any atom is -0.468 e. The molecule has 0 fully saturated rings. The SMILES string of the molecule is COC(=O)CN(CCOC(C)C)C(C)C. The summed E-state index contributed by atoms with van der Waals surface area (Å²) in [7, 11) is 1.41. The third-order valence-corrected chi connectivity index (χ3v) is 2.12. The van der Waals surface area contributed by atoms with Crippen molar-refractivity contribution >= 4 is 5.97 Å². The lowest BCUT2D eigenvalue weighted by molar-refractivity contribution is -0.142. The second-order valence-corrected chi connectivity index (χ2v) is 4.06.